The van der Waals surface area contributed by atoms with Crippen molar-refractivity contribution in [1.29, 1.82) is 5.26 Å². The first-order valence-electron chi connectivity index (χ1n) is 7.73. The van der Waals surface area contributed by atoms with Gasteiger partial charge >= 0.3 is 0 Å². The summed E-state index contributed by atoms with van der Waals surface area (Å²) in [5.74, 6) is 0.877. The predicted octanol–water partition coefficient (Wildman–Crippen LogP) is 2.16. The summed E-state index contributed by atoms with van der Waals surface area (Å²) < 4.78 is 5.91. The summed E-state index contributed by atoms with van der Waals surface area (Å²) in [6, 6.07) is 4.25. The van der Waals surface area contributed by atoms with Gasteiger partial charge in [0, 0.05) is 43.0 Å². The molecule has 1 aliphatic heterocycles. The van der Waals surface area contributed by atoms with Gasteiger partial charge in [-0.05, 0) is 31.9 Å². The smallest absolute Gasteiger partial charge is 0.100 e. The number of thiophene rings is 1. The van der Waals surface area contributed by atoms with E-state index in [0.717, 1.165) is 44.3 Å². The standard InChI is InChI=1S/C16H23N3OS/c1-18-4-5-20-15(9-18)10-19(8-13-2-3-13)11-16-6-14(7-17)12-21-16/h6,12-13,15H,2-5,8-11H2,1H3. The topological polar surface area (TPSA) is 39.5 Å². The molecule has 0 N–H and O–H groups in total. The molecule has 0 radical (unpaired) electrons. The molecule has 1 aliphatic carbocycles. The van der Waals surface area contributed by atoms with Crippen LogP contribution in [0.5, 0.6) is 0 Å². The Balaban J connectivity index is 1.58. The van der Waals surface area contributed by atoms with E-state index in [4.69, 9.17) is 10.00 Å². The fraction of sp³-hybridized carbons (Fsp3) is 0.688. The van der Waals surface area contributed by atoms with E-state index in [1.54, 1.807) is 11.3 Å². The number of hydrogen-bond donors (Lipinski definition) is 0. The quantitative estimate of drug-likeness (QED) is 0.807. The normalized spacial score (nSPS) is 23.4. The van der Waals surface area contributed by atoms with E-state index in [9.17, 15) is 0 Å². The second-order valence-corrected chi connectivity index (χ2v) is 7.30. The van der Waals surface area contributed by atoms with Gasteiger partial charge in [-0.3, -0.25) is 4.90 Å². The number of nitriles is 1. The highest BCUT2D eigenvalue weighted by Crippen LogP contribution is 2.30. The third kappa shape index (κ3) is 4.52. The van der Waals surface area contributed by atoms with Crippen LogP contribution in [0.3, 0.4) is 0 Å². The molecule has 114 valence electrons. The number of likely N-dealkylation sites (N-methyl/N-ethyl adjacent to an activating group) is 1. The van der Waals surface area contributed by atoms with E-state index in [2.05, 4.69) is 22.9 Å². The average molecular weight is 305 g/mol. The number of hydrogen-bond acceptors (Lipinski definition) is 5. The van der Waals surface area contributed by atoms with Crippen molar-refractivity contribution in [1.82, 2.24) is 9.80 Å². The molecule has 2 fully saturated rings. The molecule has 0 aromatic carbocycles. The first kappa shape index (κ1) is 15.0. The maximum Gasteiger partial charge on any atom is 0.100 e. The Bertz CT molecular complexity index is 506. The molecular weight excluding hydrogens is 282 g/mol. The molecule has 0 spiro atoms. The van der Waals surface area contributed by atoms with Gasteiger partial charge in [0.1, 0.15) is 6.07 Å². The van der Waals surface area contributed by atoms with E-state index < -0.39 is 0 Å². The highest BCUT2D eigenvalue weighted by molar-refractivity contribution is 7.10. The second kappa shape index (κ2) is 6.89. The van der Waals surface area contributed by atoms with Gasteiger partial charge in [-0.25, -0.2) is 0 Å². The second-order valence-electron chi connectivity index (χ2n) is 6.31. The van der Waals surface area contributed by atoms with E-state index in [-0.39, 0.29) is 0 Å². The Morgan fingerprint density at radius 2 is 2.33 bits per heavy atom. The summed E-state index contributed by atoms with van der Waals surface area (Å²) in [6.45, 7) is 6.02. The molecule has 5 heteroatoms. The Kier molecular flexibility index (Phi) is 4.91. The first-order valence-corrected chi connectivity index (χ1v) is 8.61. The SMILES string of the molecule is CN1CCOC(CN(Cc2cc(C#N)cs2)CC2CC2)C1. The summed E-state index contributed by atoms with van der Waals surface area (Å²) in [4.78, 5) is 6.16. The molecule has 1 aromatic heterocycles. The molecular formula is C16H23N3OS. The maximum absolute atomic E-state index is 8.95. The Morgan fingerprint density at radius 3 is 3.00 bits per heavy atom. The summed E-state index contributed by atoms with van der Waals surface area (Å²) in [5, 5.41) is 10.9. The number of nitrogens with zero attached hydrogens (tertiary/aromatic N) is 3. The van der Waals surface area contributed by atoms with Gasteiger partial charge in [0.15, 0.2) is 0 Å². The van der Waals surface area contributed by atoms with Crippen LogP contribution >= 0.6 is 11.3 Å². The Morgan fingerprint density at radius 1 is 1.48 bits per heavy atom. The zero-order chi connectivity index (χ0) is 14.7. The van der Waals surface area contributed by atoms with Crippen LogP contribution in [0.4, 0.5) is 0 Å². The van der Waals surface area contributed by atoms with Crippen LogP contribution in [0.25, 0.3) is 0 Å². The molecule has 0 bridgehead atoms. The third-order valence-electron chi connectivity index (χ3n) is 4.18. The first-order chi connectivity index (χ1) is 10.2. The summed E-state index contributed by atoms with van der Waals surface area (Å²) in [6.07, 6.45) is 3.06. The maximum atomic E-state index is 8.95. The van der Waals surface area contributed by atoms with Crippen molar-refractivity contribution in [2.75, 3.05) is 39.8 Å². The highest BCUT2D eigenvalue weighted by atomic mass is 32.1. The van der Waals surface area contributed by atoms with Crippen LogP contribution in [0.15, 0.2) is 11.4 Å². The van der Waals surface area contributed by atoms with Crippen molar-refractivity contribution in [2.24, 2.45) is 5.92 Å². The molecule has 1 saturated heterocycles. The molecule has 1 atom stereocenters. The van der Waals surface area contributed by atoms with Crippen LogP contribution in [0, 0.1) is 17.2 Å². The molecule has 2 aliphatic rings. The number of morpholine rings is 1. The largest absolute Gasteiger partial charge is 0.374 e. The number of ether oxygens (including phenoxy) is 1. The van der Waals surface area contributed by atoms with E-state index in [1.807, 2.05) is 11.4 Å². The van der Waals surface area contributed by atoms with E-state index in [0.29, 0.717) is 6.10 Å². The predicted molar refractivity (Wildman–Crippen MR) is 84.3 cm³/mol. The van der Waals surface area contributed by atoms with Gasteiger partial charge in [0.25, 0.3) is 0 Å². The van der Waals surface area contributed by atoms with Crippen molar-refractivity contribution in [3.63, 3.8) is 0 Å². The minimum Gasteiger partial charge on any atom is -0.374 e. The van der Waals surface area contributed by atoms with Crippen LogP contribution in [-0.4, -0.2) is 55.7 Å². The van der Waals surface area contributed by atoms with E-state index >= 15 is 0 Å². The summed E-state index contributed by atoms with van der Waals surface area (Å²) >= 11 is 1.70. The molecule has 3 rings (SSSR count). The van der Waals surface area contributed by atoms with Crippen molar-refractivity contribution in [3.8, 4) is 6.07 Å². The molecule has 1 unspecified atom stereocenters. The van der Waals surface area contributed by atoms with Crippen molar-refractivity contribution in [3.05, 3.63) is 21.9 Å². The lowest BCUT2D eigenvalue weighted by molar-refractivity contribution is -0.0371. The van der Waals surface area contributed by atoms with Crippen LogP contribution < -0.4 is 0 Å². The van der Waals surface area contributed by atoms with Crippen molar-refractivity contribution in [2.45, 2.75) is 25.5 Å². The van der Waals surface area contributed by atoms with Crippen LogP contribution in [-0.2, 0) is 11.3 Å². The summed E-state index contributed by atoms with van der Waals surface area (Å²) in [7, 11) is 2.17. The van der Waals surface area contributed by atoms with Crippen molar-refractivity contribution < 1.29 is 4.74 Å². The summed E-state index contributed by atoms with van der Waals surface area (Å²) in [5.41, 5.74) is 0.787. The van der Waals surface area contributed by atoms with Gasteiger partial charge in [-0.15, -0.1) is 11.3 Å². The van der Waals surface area contributed by atoms with Gasteiger partial charge in [0.05, 0.1) is 18.3 Å². The lowest BCUT2D eigenvalue weighted by Gasteiger charge is -2.33. The van der Waals surface area contributed by atoms with E-state index in [1.165, 1.54) is 24.3 Å². The minimum atomic E-state index is 0.317. The average Bonchev–Trinajstić information content (AvgIpc) is 3.15. The van der Waals surface area contributed by atoms with Crippen LogP contribution in [0.2, 0.25) is 0 Å². The minimum absolute atomic E-state index is 0.317. The highest BCUT2D eigenvalue weighted by Gasteiger charge is 2.27. The molecule has 0 amide bonds. The zero-order valence-electron chi connectivity index (χ0n) is 12.6. The molecule has 4 nitrogen and oxygen atoms in total. The fourth-order valence-corrected chi connectivity index (χ4v) is 3.73. The Labute approximate surface area is 130 Å². The van der Waals surface area contributed by atoms with Crippen molar-refractivity contribution >= 4 is 11.3 Å². The Hall–Kier alpha value is -0.930. The molecule has 2 heterocycles. The van der Waals surface area contributed by atoms with Gasteiger partial charge < -0.3 is 9.64 Å². The monoisotopic (exact) mass is 305 g/mol. The molecule has 21 heavy (non-hydrogen) atoms. The lowest BCUT2D eigenvalue weighted by atomic mass is 10.2. The van der Waals surface area contributed by atoms with Gasteiger partial charge in [-0.1, -0.05) is 0 Å². The zero-order valence-corrected chi connectivity index (χ0v) is 13.4. The fourth-order valence-electron chi connectivity index (χ4n) is 2.88. The van der Waals surface area contributed by atoms with Gasteiger partial charge in [-0.2, -0.15) is 5.26 Å². The lowest BCUT2D eigenvalue weighted by Crippen LogP contribution is -2.46. The molecule has 1 saturated carbocycles. The number of rotatable bonds is 6. The van der Waals surface area contributed by atoms with Gasteiger partial charge in [0.2, 0.25) is 0 Å². The molecule has 1 aromatic rings. The third-order valence-corrected chi connectivity index (χ3v) is 5.10. The van der Waals surface area contributed by atoms with Crippen LogP contribution in [0.1, 0.15) is 23.3 Å².